The van der Waals surface area contributed by atoms with Crippen LogP contribution in [0.2, 0.25) is 0 Å². The van der Waals surface area contributed by atoms with Crippen LogP contribution in [0.5, 0.6) is 0 Å². The molecular formula is C15H27N3. The average Bonchev–Trinajstić information content (AvgIpc) is 2.73. The lowest BCUT2D eigenvalue weighted by molar-refractivity contribution is 0.197. The van der Waals surface area contributed by atoms with Crippen molar-refractivity contribution in [1.82, 2.24) is 14.9 Å². The van der Waals surface area contributed by atoms with Crippen LogP contribution >= 0.6 is 0 Å². The lowest BCUT2D eigenvalue weighted by atomic mass is 9.75. The molecule has 0 saturated heterocycles. The zero-order valence-corrected chi connectivity index (χ0v) is 12.2. The van der Waals surface area contributed by atoms with Gasteiger partial charge in [-0.2, -0.15) is 0 Å². The van der Waals surface area contributed by atoms with E-state index in [1.54, 1.807) is 0 Å². The van der Waals surface area contributed by atoms with Crippen LogP contribution in [0.15, 0.2) is 12.5 Å². The Labute approximate surface area is 111 Å². The Morgan fingerprint density at radius 1 is 1.50 bits per heavy atom. The second-order valence-corrected chi connectivity index (χ2v) is 6.72. The molecule has 1 aliphatic carbocycles. The van der Waals surface area contributed by atoms with Gasteiger partial charge < -0.3 is 9.88 Å². The molecule has 0 aliphatic heterocycles. The molecule has 1 unspecified atom stereocenters. The molecule has 0 aromatic carbocycles. The van der Waals surface area contributed by atoms with Gasteiger partial charge >= 0.3 is 0 Å². The number of hydrogen-bond donors (Lipinski definition) is 1. The highest BCUT2D eigenvalue weighted by Crippen LogP contribution is 2.35. The Hall–Kier alpha value is -0.830. The van der Waals surface area contributed by atoms with E-state index in [0.717, 1.165) is 6.54 Å². The van der Waals surface area contributed by atoms with Crippen LogP contribution < -0.4 is 5.32 Å². The topological polar surface area (TPSA) is 29.9 Å². The van der Waals surface area contributed by atoms with Crippen molar-refractivity contribution in [2.75, 3.05) is 0 Å². The maximum Gasteiger partial charge on any atom is 0.0951 e. The van der Waals surface area contributed by atoms with Gasteiger partial charge in [0.05, 0.1) is 12.0 Å². The molecule has 0 amide bonds. The van der Waals surface area contributed by atoms with E-state index in [0.29, 0.717) is 17.5 Å². The minimum atomic E-state index is 0.493. The van der Waals surface area contributed by atoms with Gasteiger partial charge in [0.1, 0.15) is 0 Å². The summed E-state index contributed by atoms with van der Waals surface area (Å²) in [5.74, 6) is 0. The fourth-order valence-corrected chi connectivity index (χ4v) is 3.06. The smallest absolute Gasteiger partial charge is 0.0951 e. The minimum Gasteiger partial charge on any atom is -0.331 e. The van der Waals surface area contributed by atoms with Gasteiger partial charge in [-0.25, -0.2) is 4.98 Å². The summed E-state index contributed by atoms with van der Waals surface area (Å²) in [7, 11) is 0. The summed E-state index contributed by atoms with van der Waals surface area (Å²) in [6.07, 6.45) is 9.26. The molecule has 1 saturated carbocycles. The Morgan fingerprint density at radius 2 is 2.28 bits per heavy atom. The van der Waals surface area contributed by atoms with Crippen molar-refractivity contribution in [2.24, 2.45) is 5.41 Å². The van der Waals surface area contributed by atoms with Gasteiger partial charge in [-0.05, 0) is 38.5 Å². The zero-order chi connectivity index (χ0) is 13.2. The summed E-state index contributed by atoms with van der Waals surface area (Å²) < 4.78 is 2.25. The highest BCUT2D eigenvalue weighted by atomic mass is 15.1. The lowest BCUT2D eigenvalue weighted by Gasteiger charge is -2.35. The van der Waals surface area contributed by atoms with Gasteiger partial charge in [0.15, 0.2) is 0 Å². The number of aromatic nitrogens is 2. The maximum absolute atomic E-state index is 4.26. The third-order valence-electron chi connectivity index (χ3n) is 4.08. The second-order valence-electron chi connectivity index (χ2n) is 6.72. The number of nitrogens with one attached hydrogen (secondary N) is 1. The van der Waals surface area contributed by atoms with Crippen molar-refractivity contribution >= 4 is 0 Å². The van der Waals surface area contributed by atoms with E-state index in [-0.39, 0.29) is 0 Å². The molecule has 1 fully saturated rings. The molecule has 3 heteroatoms. The monoisotopic (exact) mass is 249 g/mol. The van der Waals surface area contributed by atoms with Gasteiger partial charge in [0, 0.05) is 24.8 Å². The summed E-state index contributed by atoms with van der Waals surface area (Å²) in [4.78, 5) is 4.26. The molecule has 0 radical (unpaired) electrons. The molecule has 102 valence electrons. The molecular weight excluding hydrogens is 222 g/mol. The molecule has 0 spiro atoms. The fourth-order valence-electron chi connectivity index (χ4n) is 3.06. The van der Waals surface area contributed by atoms with Crippen LogP contribution in [0.4, 0.5) is 0 Å². The van der Waals surface area contributed by atoms with Gasteiger partial charge in [0.2, 0.25) is 0 Å². The first-order chi connectivity index (χ1) is 8.48. The minimum absolute atomic E-state index is 0.493. The quantitative estimate of drug-likeness (QED) is 0.884. The van der Waals surface area contributed by atoms with Crippen LogP contribution in [0.3, 0.4) is 0 Å². The largest absolute Gasteiger partial charge is 0.331 e. The number of nitrogens with zero attached hydrogens (tertiary/aromatic N) is 2. The summed E-state index contributed by atoms with van der Waals surface area (Å²) >= 11 is 0. The van der Waals surface area contributed by atoms with E-state index >= 15 is 0 Å². The van der Waals surface area contributed by atoms with E-state index < -0.39 is 0 Å². The first kappa shape index (κ1) is 13.6. The Bertz CT molecular complexity index is 379. The number of imidazole rings is 1. The SMILES string of the molecule is CC(C)n1cncc1CNC1CCCC(C)(C)C1. The van der Waals surface area contributed by atoms with Crippen molar-refractivity contribution in [2.45, 2.75) is 72.0 Å². The molecule has 1 heterocycles. The van der Waals surface area contributed by atoms with E-state index in [1.807, 2.05) is 12.5 Å². The summed E-state index contributed by atoms with van der Waals surface area (Å²) in [5.41, 5.74) is 1.81. The van der Waals surface area contributed by atoms with Crippen molar-refractivity contribution in [3.05, 3.63) is 18.2 Å². The third kappa shape index (κ3) is 3.35. The van der Waals surface area contributed by atoms with Crippen molar-refractivity contribution in [3.8, 4) is 0 Å². The Kier molecular flexibility index (Phi) is 4.10. The highest BCUT2D eigenvalue weighted by Gasteiger charge is 2.27. The van der Waals surface area contributed by atoms with Crippen LogP contribution in [-0.4, -0.2) is 15.6 Å². The molecule has 1 aliphatic rings. The summed E-state index contributed by atoms with van der Waals surface area (Å²) in [6, 6.07) is 1.16. The zero-order valence-electron chi connectivity index (χ0n) is 12.2. The lowest BCUT2D eigenvalue weighted by Crippen LogP contribution is -2.37. The predicted octanol–water partition coefficient (Wildman–Crippen LogP) is 3.52. The van der Waals surface area contributed by atoms with Gasteiger partial charge in [-0.1, -0.05) is 20.3 Å². The molecule has 18 heavy (non-hydrogen) atoms. The van der Waals surface area contributed by atoms with E-state index in [9.17, 15) is 0 Å². The molecule has 1 aromatic rings. The van der Waals surface area contributed by atoms with Gasteiger partial charge in [-0.3, -0.25) is 0 Å². The Balaban J connectivity index is 1.89. The van der Waals surface area contributed by atoms with Crippen molar-refractivity contribution < 1.29 is 0 Å². The summed E-state index contributed by atoms with van der Waals surface area (Å²) in [6.45, 7) is 10.1. The Morgan fingerprint density at radius 3 is 2.94 bits per heavy atom. The number of rotatable bonds is 4. The average molecular weight is 249 g/mol. The standard InChI is InChI=1S/C15H27N3/c1-12(2)18-11-16-9-14(18)10-17-13-6-5-7-15(3,4)8-13/h9,11-13,17H,5-8,10H2,1-4H3. The first-order valence-corrected chi connectivity index (χ1v) is 7.22. The maximum atomic E-state index is 4.26. The molecule has 2 rings (SSSR count). The van der Waals surface area contributed by atoms with Gasteiger partial charge in [0.25, 0.3) is 0 Å². The molecule has 1 aromatic heterocycles. The molecule has 0 bridgehead atoms. The van der Waals surface area contributed by atoms with Crippen LogP contribution in [0.1, 0.15) is 65.1 Å². The number of hydrogen-bond acceptors (Lipinski definition) is 2. The first-order valence-electron chi connectivity index (χ1n) is 7.22. The van der Waals surface area contributed by atoms with E-state index in [2.05, 4.69) is 42.6 Å². The molecule has 1 atom stereocenters. The predicted molar refractivity (Wildman–Crippen MR) is 75.5 cm³/mol. The van der Waals surface area contributed by atoms with Crippen LogP contribution in [0.25, 0.3) is 0 Å². The van der Waals surface area contributed by atoms with Gasteiger partial charge in [-0.15, -0.1) is 0 Å². The van der Waals surface area contributed by atoms with E-state index in [4.69, 9.17) is 0 Å². The fraction of sp³-hybridized carbons (Fsp3) is 0.800. The second kappa shape index (κ2) is 5.43. The van der Waals surface area contributed by atoms with Crippen molar-refractivity contribution in [3.63, 3.8) is 0 Å². The third-order valence-corrected chi connectivity index (χ3v) is 4.08. The van der Waals surface area contributed by atoms with E-state index in [1.165, 1.54) is 31.4 Å². The van der Waals surface area contributed by atoms with Crippen LogP contribution in [0, 0.1) is 5.41 Å². The van der Waals surface area contributed by atoms with Crippen LogP contribution in [-0.2, 0) is 6.54 Å². The summed E-state index contributed by atoms with van der Waals surface area (Å²) in [5, 5.41) is 3.71. The highest BCUT2D eigenvalue weighted by molar-refractivity contribution is 5.00. The van der Waals surface area contributed by atoms with Crippen molar-refractivity contribution in [1.29, 1.82) is 0 Å². The molecule has 3 nitrogen and oxygen atoms in total. The normalized spacial score (nSPS) is 23.5. The molecule has 1 N–H and O–H groups in total.